The molecule has 1 atom stereocenters. The van der Waals surface area contributed by atoms with Crippen molar-refractivity contribution in [3.8, 4) is 0 Å². The number of aliphatic carboxylic acids is 2. The van der Waals surface area contributed by atoms with E-state index in [1.165, 1.54) is 6.42 Å². The van der Waals surface area contributed by atoms with Crippen LogP contribution in [0.25, 0.3) is 0 Å². The van der Waals surface area contributed by atoms with Crippen molar-refractivity contribution in [2.24, 2.45) is 5.92 Å². The van der Waals surface area contributed by atoms with Crippen LogP contribution in [0.1, 0.15) is 17.7 Å². The molecule has 1 aliphatic rings. The maximum Gasteiger partial charge on any atom is 0.328 e. The number of nitrogens with zero attached hydrogens (tertiary/aromatic N) is 3. The lowest BCUT2D eigenvalue weighted by molar-refractivity contribution is -0.134. The molecule has 1 aromatic rings. The minimum atomic E-state index is -1.26. The van der Waals surface area contributed by atoms with Gasteiger partial charge in [0.1, 0.15) is 4.99 Å². The maximum absolute atomic E-state index is 9.55. The van der Waals surface area contributed by atoms with Gasteiger partial charge >= 0.3 is 11.9 Å². The van der Waals surface area contributed by atoms with E-state index in [1.54, 1.807) is 0 Å². The summed E-state index contributed by atoms with van der Waals surface area (Å²) in [6.45, 7) is 2.15. The Morgan fingerprint density at radius 3 is 2.50 bits per heavy atom. The monoisotopic (exact) mass is 379 g/mol. The molecule has 8 heteroatoms. The van der Waals surface area contributed by atoms with Crippen LogP contribution < -0.4 is 0 Å². The highest BCUT2D eigenvalue weighted by molar-refractivity contribution is 7.80. The standard InChI is InChI=1S/C14H21N3S.C4H4O4/c1-16(2)8-6-11-9-13-12(5-4-7-15-13)14(18)17(3)10-11;5-3(6)1-2-4(7)8/h4-5,7,11H,6,8-10H2,1-3H3;1-2H,(H,5,6)(H,7,8). The summed E-state index contributed by atoms with van der Waals surface area (Å²) < 4.78 is 0. The third kappa shape index (κ3) is 7.71. The third-order valence-electron chi connectivity index (χ3n) is 3.83. The van der Waals surface area contributed by atoms with Crippen LogP contribution in [-0.2, 0) is 16.0 Å². The van der Waals surface area contributed by atoms with Crippen molar-refractivity contribution < 1.29 is 19.8 Å². The van der Waals surface area contributed by atoms with Crippen LogP contribution in [0.4, 0.5) is 0 Å². The van der Waals surface area contributed by atoms with E-state index in [9.17, 15) is 9.59 Å². The van der Waals surface area contributed by atoms with Gasteiger partial charge in [-0.05, 0) is 51.5 Å². The normalized spacial score (nSPS) is 16.7. The Balaban J connectivity index is 0.000000359. The summed E-state index contributed by atoms with van der Waals surface area (Å²) in [5.74, 6) is -1.88. The first-order valence-corrected chi connectivity index (χ1v) is 8.59. The number of thiocarbonyl (C=S) groups is 1. The number of carbonyl (C=O) groups is 2. The first-order chi connectivity index (χ1) is 12.2. The van der Waals surface area contributed by atoms with Gasteiger partial charge in [-0.1, -0.05) is 12.2 Å². The molecule has 0 aromatic carbocycles. The second kappa shape index (κ2) is 10.6. The number of carboxylic acids is 2. The Morgan fingerprint density at radius 1 is 1.35 bits per heavy atom. The molecule has 7 nitrogen and oxygen atoms in total. The molecule has 0 aliphatic carbocycles. The number of fused-ring (bicyclic) bond motifs is 1. The van der Waals surface area contributed by atoms with E-state index in [2.05, 4.69) is 42.0 Å². The lowest BCUT2D eigenvalue weighted by atomic mass is 9.98. The Labute approximate surface area is 158 Å². The molecule has 0 saturated heterocycles. The summed E-state index contributed by atoms with van der Waals surface area (Å²) in [7, 11) is 6.33. The predicted molar refractivity (Wildman–Crippen MR) is 103 cm³/mol. The first kappa shape index (κ1) is 21.7. The van der Waals surface area contributed by atoms with Crippen LogP contribution in [0.5, 0.6) is 0 Å². The zero-order valence-corrected chi connectivity index (χ0v) is 16.1. The molecule has 26 heavy (non-hydrogen) atoms. The number of aromatic nitrogens is 1. The van der Waals surface area contributed by atoms with Crippen molar-refractivity contribution in [1.29, 1.82) is 0 Å². The molecular weight excluding hydrogens is 354 g/mol. The van der Waals surface area contributed by atoms with Crippen LogP contribution >= 0.6 is 12.2 Å². The van der Waals surface area contributed by atoms with Gasteiger partial charge in [0.2, 0.25) is 0 Å². The number of carboxylic acid groups (broad SMARTS) is 2. The molecule has 2 N–H and O–H groups in total. The largest absolute Gasteiger partial charge is 0.478 e. The van der Waals surface area contributed by atoms with Crippen molar-refractivity contribution in [3.05, 3.63) is 41.7 Å². The minimum Gasteiger partial charge on any atom is -0.478 e. The van der Waals surface area contributed by atoms with Crippen molar-refractivity contribution in [2.75, 3.05) is 34.2 Å². The van der Waals surface area contributed by atoms with E-state index < -0.39 is 11.9 Å². The minimum absolute atomic E-state index is 0.558. The van der Waals surface area contributed by atoms with Crippen molar-refractivity contribution in [3.63, 3.8) is 0 Å². The van der Waals surface area contributed by atoms with Gasteiger partial charge in [0, 0.05) is 37.5 Å². The second-order valence-corrected chi connectivity index (χ2v) is 6.74. The van der Waals surface area contributed by atoms with Crippen LogP contribution in [0.15, 0.2) is 30.5 Å². The quantitative estimate of drug-likeness (QED) is 0.588. The first-order valence-electron chi connectivity index (χ1n) is 8.18. The molecule has 1 aromatic heterocycles. The molecule has 0 bridgehead atoms. The topological polar surface area (TPSA) is 94.0 Å². The molecule has 1 aliphatic heterocycles. The predicted octanol–water partition coefficient (Wildman–Crippen LogP) is 1.52. The van der Waals surface area contributed by atoms with Gasteiger partial charge in [0.05, 0.1) is 5.69 Å². The van der Waals surface area contributed by atoms with Gasteiger partial charge < -0.3 is 20.0 Å². The average Bonchev–Trinajstić information content (AvgIpc) is 2.69. The van der Waals surface area contributed by atoms with Gasteiger partial charge in [0.25, 0.3) is 0 Å². The number of pyridine rings is 1. The summed E-state index contributed by atoms with van der Waals surface area (Å²) >= 11 is 5.53. The Kier molecular flexibility index (Phi) is 8.87. The third-order valence-corrected chi connectivity index (χ3v) is 4.37. The molecule has 0 saturated carbocycles. The molecule has 142 valence electrons. The highest BCUT2D eigenvalue weighted by atomic mass is 32.1. The fourth-order valence-electron chi connectivity index (χ4n) is 2.59. The molecule has 0 radical (unpaired) electrons. The molecule has 1 unspecified atom stereocenters. The average molecular weight is 379 g/mol. The fourth-order valence-corrected chi connectivity index (χ4v) is 2.85. The number of hydrogen-bond donors (Lipinski definition) is 2. The number of hydrogen-bond acceptors (Lipinski definition) is 5. The second-order valence-electron chi connectivity index (χ2n) is 6.36. The summed E-state index contributed by atoms with van der Waals surface area (Å²) in [4.78, 5) is 29.0. The van der Waals surface area contributed by atoms with E-state index in [-0.39, 0.29) is 0 Å². The number of rotatable bonds is 5. The van der Waals surface area contributed by atoms with Crippen molar-refractivity contribution in [2.45, 2.75) is 12.8 Å². The maximum atomic E-state index is 9.55. The van der Waals surface area contributed by atoms with Crippen molar-refractivity contribution in [1.82, 2.24) is 14.8 Å². The highest BCUT2D eigenvalue weighted by Gasteiger charge is 2.23. The smallest absolute Gasteiger partial charge is 0.328 e. The zero-order valence-electron chi connectivity index (χ0n) is 15.3. The molecule has 2 rings (SSSR count). The fraction of sp³-hybridized carbons (Fsp3) is 0.444. The lowest BCUT2D eigenvalue weighted by Gasteiger charge is -2.23. The van der Waals surface area contributed by atoms with E-state index in [0.717, 1.165) is 35.8 Å². The van der Waals surface area contributed by atoms with Crippen LogP contribution in [0.2, 0.25) is 0 Å². The highest BCUT2D eigenvalue weighted by Crippen LogP contribution is 2.22. The summed E-state index contributed by atoms with van der Waals surface area (Å²) in [5, 5.41) is 15.6. The van der Waals surface area contributed by atoms with Gasteiger partial charge in [-0.15, -0.1) is 0 Å². The van der Waals surface area contributed by atoms with Gasteiger partial charge in [0.15, 0.2) is 0 Å². The summed E-state index contributed by atoms with van der Waals surface area (Å²) in [6.07, 6.45) is 5.21. The molecule has 0 spiro atoms. The lowest BCUT2D eigenvalue weighted by Crippen LogP contribution is -2.30. The zero-order chi connectivity index (χ0) is 19.7. The molecule has 0 fully saturated rings. The molecular formula is C18H25N3O4S. The summed E-state index contributed by atoms with van der Waals surface area (Å²) in [6, 6.07) is 4.06. The van der Waals surface area contributed by atoms with E-state index in [0.29, 0.717) is 18.1 Å². The van der Waals surface area contributed by atoms with Crippen LogP contribution in [0, 0.1) is 5.92 Å². The van der Waals surface area contributed by atoms with Gasteiger partial charge in [-0.3, -0.25) is 4.98 Å². The molecule has 0 amide bonds. The summed E-state index contributed by atoms with van der Waals surface area (Å²) in [5.41, 5.74) is 2.30. The van der Waals surface area contributed by atoms with E-state index in [4.69, 9.17) is 22.4 Å². The van der Waals surface area contributed by atoms with Crippen LogP contribution in [-0.4, -0.2) is 76.2 Å². The van der Waals surface area contributed by atoms with E-state index in [1.807, 2.05) is 12.3 Å². The van der Waals surface area contributed by atoms with E-state index >= 15 is 0 Å². The van der Waals surface area contributed by atoms with Gasteiger partial charge in [-0.25, -0.2) is 9.59 Å². The Hall–Kier alpha value is -2.32. The Morgan fingerprint density at radius 2 is 1.96 bits per heavy atom. The Bertz CT molecular complexity index is 660. The van der Waals surface area contributed by atoms with Crippen molar-refractivity contribution >= 4 is 29.1 Å². The SMILES string of the molecule is CN(C)CCC1Cc2ncccc2C(=S)N(C)C1.O=C(O)C=CC(=O)O. The molecule has 2 heterocycles. The van der Waals surface area contributed by atoms with Crippen LogP contribution in [0.3, 0.4) is 0 Å². The van der Waals surface area contributed by atoms with Gasteiger partial charge in [-0.2, -0.15) is 0 Å².